The summed E-state index contributed by atoms with van der Waals surface area (Å²) in [6.07, 6.45) is 0. The van der Waals surface area contributed by atoms with Gasteiger partial charge in [0.25, 0.3) is 5.91 Å². The van der Waals surface area contributed by atoms with E-state index in [2.05, 4.69) is 10.3 Å². The van der Waals surface area contributed by atoms with Crippen molar-refractivity contribution < 1.29 is 14.3 Å². The second kappa shape index (κ2) is 6.35. The molecule has 5 heteroatoms. The number of nitrogens with one attached hydrogen (secondary N) is 1. The lowest BCUT2D eigenvalue weighted by Crippen LogP contribution is -2.45. The number of carbonyl (C=O) groups excluding carboxylic acids is 2. The number of nitrogens with zero attached hydrogens (tertiary/aromatic N) is 1. The molecule has 0 bridgehead atoms. The van der Waals surface area contributed by atoms with Crippen molar-refractivity contribution in [3.8, 4) is 0 Å². The molecule has 21 heavy (non-hydrogen) atoms. The standard InChI is InChI=1S/C16H18N2O3/c1-10(2)14(16(20)21-3)18-15(19)13-9-8-11-6-4-5-7-12(11)17-13/h4-10,14H,1-3H3,(H,18,19)/t14-/m0/s1. The maximum absolute atomic E-state index is 12.2. The van der Waals surface area contributed by atoms with Crippen molar-refractivity contribution in [1.29, 1.82) is 0 Å². The van der Waals surface area contributed by atoms with E-state index in [1.54, 1.807) is 6.07 Å². The highest BCUT2D eigenvalue weighted by molar-refractivity contribution is 5.97. The van der Waals surface area contributed by atoms with Gasteiger partial charge in [0.1, 0.15) is 11.7 Å². The van der Waals surface area contributed by atoms with Gasteiger partial charge in [0.2, 0.25) is 0 Å². The van der Waals surface area contributed by atoms with E-state index < -0.39 is 12.0 Å². The molecule has 1 aromatic heterocycles. The molecule has 0 saturated heterocycles. The summed E-state index contributed by atoms with van der Waals surface area (Å²) >= 11 is 0. The minimum absolute atomic E-state index is 0.0677. The second-order valence-corrected chi connectivity index (χ2v) is 5.11. The Balaban J connectivity index is 2.23. The fourth-order valence-corrected chi connectivity index (χ4v) is 2.03. The maximum Gasteiger partial charge on any atom is 0.328 e. The third-order valence-corrected chi connectivity index (χ3v) is 3.24. The summed E-state index contributed by atoms with van der Waals surface area (Å²) in [5, 5.41) is 3.63. The Hall–Kier alpha value is -2.43. The lowest BCUT2D eigenvalue weighted by molar-refractivity contribution is -0.144. The number of fused-ring (bicyclic) bond motifs is 1. The number of carbonyl (C=O) groups is 2. The molecule has 1 aromatic carbocycles. The van der Waals surface area contributed by atoms with Crippen LogP contribution in [-0.4, -0.2) is 30.0 Å². The first-order valence-electron chi connectivity index (χ1n) is 6.77. The molecule has 0 unspecified atom stereocenters. The van der Waals surface area contributed by atoms with Crippen molar-refractivity contribution in [3.05, 3.63) is 42.1 Å². The van der Waals surface area contributed by atoms with Gasteiger partial charge in [-0.3, -0.25) is 4.79 Å². The van der Waals surface area contributed by atoms with Gasteiger partial charge >= 0.3 is 5.97 Å². The molecule has 0 saturated carbocycles. The molecule has 0 aliphatic rings. The van der Waals surface area contributed by atoms with Crippen molar-refractivity contribution in [2.45, 2.75) is 19.9 Å². The van der Waals surface area contributed by atoms with Gasteiger partial charge in [-0.2, -0.15) is 0 Å². The Morgan fingerprint density at radius 1 is 1.14 bits per heavy atom. The van der Waals surface area contributed by atoms with E-state index in [1.165, 1.54) is 7.11 Å². The summed E-state index contributed by atoms with van der Waals surface area (Å²) in [7, 11) is 1.30. The zero-order valence-electron chi connectivity index (χ0n) is 12.3. The van der Waals surface area contributed by atoms with Crippen LogP contribution in [0.2, 0.25) is 0 Å². The molecule has 0 aliphatic heterocycles. The number of aromatic nitrogens is 1. The van der Waals surface area contributed by atoms with Crippen LogP contribution < -0.4 is 5.32 Å². The van der Waals surface area contributed by atoms with Crippen LogP contribution in [0.1, 0.15) is 24.3 Å². The normalized spacial score (nSPS) is 12.2. The molecule has 2 aromatic rings. The van der Waals surface area contributed by atoms with E-state index in [1.807, 2.05) is 44.2 Å². The monoisotopic (exact) mass is 286 g/mol. The van der Waals surface area contributed by atoms with E-state index in [-0.39, 0.29) is 17.5 Å². The van der Waals surface area contributed by atoms with E-state index in [4.69, 9.17) is 4.74 Å². The predicted octanol–water partition coefficient (Wildman–Crippen LogP) is 2.16. The van der Waals surface area contributed by atoms with Gasteiger partial charge < -0.3 is 10.1 Å². The number of methoxy groups -OCH3 is 1. The van der Waals surface area contributed by atoms with Gasteiger partial charge in [0, 0.05) is 5.39 Å². The highest BCUT2D eigenvalue weighted by atomic mass is 16.5. The molecule has 0 radical (unpaired) electrons. The minimum atomic E-state index is -0.684. The lowest BCUT2D eigenvalue weighted by atomic mass is 10.0. The molecule has 1 heterocycles. The number of amides is 1. The topological polar surface area (TPSA) is 68.3 Å². The van der Waals surface area contributed by atoms with E-state index in [0.29, 0.717) is 0 Å². The summed E-state index contributed by atoms with van der Waals surface area (Å²) in [6.45, 7) is 3.69. The molecule has 2 rings (SSSR count). The lowest BCUT2D eigenvalue weighted by Gasteiger charge is -2.19. The zero-order valence-corrected chi connectivity index (χ0v) is 12.3. The Morgan fingerprint density at radius 2 is 1.86 bits per heavy atom. The van der Waals surface area contributed by atoms with Crippen molar-refractivity contribution in [2.24, 2.45) is 5.92 Å². The number of hydrogen-bond acceptors (Lipinski definition) is 4. The first kappa shape index (κ1) is 15.0. The summed E-state index contributed by atoms with van der Waals surface area (Å²) in [5.41, 5.74) is 1.02. The number of esters is 1. The van der Waals surface area contributed by atoms with Crippen LogP contribution in [0.15, 0.2) is 36.4 Å². The predicted molar refractivity (Wildman–Crippen MR) is 79.9 cm³/mol. The molecule has 0 aliphatic carbocycles. The first-order valence-corrected chi connectivity index (χ1v) is 6.77. The Bertz CT molecular complexity index is 667. The highest BCUT2D eigenvalue weighted by Gasteiger charge is 2.25. The van der Waals surface area contributed by atoms with Crippen LogP contribution in [0.5, 0.6) is 0 Å². The fraction of sp³-hybridized carbons (Fsp3) is 0.312. The molecular weight excluding hydrogens is 268 g/mol. The summed E-state index contributed by atoms with van der Waals surface area (Å²) in [4.78, 5) is 28.2. The van der Waals surface area contributed by atoms with Crippen LogP contribution in [0, 0.1) is 5.92 Å². The van der Waals surface area contributed by atoms with Gasteiger partial charge in [-0.1, -0.05) is 38.1 Å². The van der Waals surface area contributed by atoms with Crippen molar-refractivity contribution in [1.82, 2.24) is 10.3 Å². The summed E-state index contributed by atoms with van der Waals surface area (Å²) < 4.78 is 4.71. The fourth-order valence-electron chi connectivity index (χ4n) is 2.03. The largest absolute Gasteiger partial charge is 0.467 e. The van der Waals surface area contributed by atoms with Crippen LogP contribution in [-0.2, 0) is 9.53 Å². The summed E-state index contributed by atoms with van der Waals surface area (Å²) in [5.74, 6) is -0.911. The molecule has 5 nitrogen and oxygen atoms in total. The van der Waals surface area contributed by atoms with E-state index in [0.717, 1.165) is 10.9 Å². The maximum atomic E-state index is 12.2. The number of benzene rings is 1. The van der Waals surface area contributed by atoms with Crippen molar-refractivity contribution in [3.63, 3.8) is 0 Å². The smallest absolute Gasteiger partial charge is 0.328 e. The molecule has 1 N–H and O–H groups in total. The Morgan fingerprint density at radius 3 is 2.52 bits per heavy atom. The van der Waals surface area contributed by atoms with Crippen molar-refractivity contribution in [2.75, 3.05) is 7.11 Å². The quantitative estimate of drug-likeness (QED) is 0.875. The number of para-hydroxylation sites is 1. The average Bonchev–Trinajstić information content (AvgIpc) is 2.50. The minimum Gasteiger partial charge on any atom is -0.467 e. The third-order valence-electron chi connectivity index (χ3n) is 3.24. The number of rotatable bonds is 4. The van der Waals surface area contributed by atoms with Crippen LogP contribution >= 0.6 is 0 Å². The molecule has 0 spiro atoms. The summed E-state index contributed by atoms with van der Waals surface area (Å²) in [6, 6.07) is 10.3. The van der Waals surface area contributed by atoms with Gasteiger partial charge in [-0.25, -0.2) is 9.78 Å². The number of ether oxygens (including phenoxy) is 1. The molecule has 1 amide bonds. The number of pyridine rings is 1. The van der Waals surface area contributed by atoms with E-state index >= 15 is 0 Å². The third kappa shape index (κ3) is 3.37. The molecule has 1 atom stereocenters. The Labute approximate surface area is 123 Å². The highest BCUT2D eigenvalue weighted by Crippen LogP contribution is 2.12. The number of hydrogen-bond donors (Lipinski definition) is 1. The van der Waals surface area contributed by atoms with Gasteiger partial charge in [0.05, 0.1) is 12.6 Å². The van der Waals surface area contributed by atoms with Gasteiger partial charge in [-0.15, -0.1) is 0 Å². The molecule has 110 valence electrons. The van der Waals surface area contributed by atoms with Crippen LogP contribution in [0.3, 0.4) is 0 Å². The van der Waals surface area contributed by atoms with Crippen LogP contribution in [0.4, 0.5) is 0 Å². The van der Waals surface area contributed by atoms with Gasteiger partial charge in [0.15, 0.2) is 0 Å². The van der Waals surface area contributed by atoms with Crippen LogP contribution in [0.25, 0.3) is 10.9 Å². The average molecular weight is 286 g/mol. The zero-order chi connectivity index (χ0) is 15.4. The Kier molecular flexibility index (Phi) is 4.52. The molecule has 0 fully saturated rings. The SMILES string of the molecule is COC(=O)[C@@H](NC(=O)c1ccc2ccccc2n1)C(C)C. The van der Waals surface area contributed by atoms with Crippen molar-refractivity contribution >= 4 is 22.8 Å². The van der Waals surface area contributed by atoms with Gasteiger partial charge in [-0.05, 0) is 18.1 Å². The van der Waals surface area contributed by atoms with E-state index in [9.17, 15) is 9.59 Å². The first-order chi connectivity index (χ1) is 10.0. The second-order valence-electron chi connectivity index (χ2n) is 5.11. The molecular formula is C16H18N2O3.